The fraction of sp³-hybridized carbons (Fsp3) is 0.400. The summed E-state index contributed by atoms with van der Waals surface area (Å²) in [6.07, 6.45) is 1.43. The number of ketones is 2. The van der Waals surface area contributed by atoms with Gasteiger partial charge in [0.25, 0.3) is 11.7 Å². The highest BCUT2D eigenvalue weighted by Gasteiger charge is 2.43. The van der Waals surface area contributed by atoms with Crippen LogP contribution in [0.15, 0.2) is 30.3 Å². The van der Waals surface area contributed by atoms with E-state index in [2.05, 4.69) is 0 Å². The Morgan fingerprint density at radius 1 is 1.07 bits per heavy atom. The first-order chi connectivity index (χ1) is 18.8. The zero-order valence-corrected chi connectivity index (χ0v) is 23.9. The molecule has 2 bridgehead atoms. The van der Waals surface area contributed by atoms with Crippen molar-refractivity contribution in [3.8, 4) is 0 Å². The molecule has 0 saturated carbocycles. The number of rotatable bonds is 4. The lowest BCUT2D eigenvalue weighted by atomic mass is 9.88. The van der Waals surface area contributed by atoms with Gasteiger partial charge in [-0.15, -0.1) is 0 Å². The van der Waals surface area contributed by atoms with Crippen LogP contribution in [0.3, 0.4) is 0 Å². The highest BCUT2D eigenvalue weighted by atomic mass is 35.5. The molecule has 2 heterocycles. The number of Topliss-reactive ketones (excluding diaryl/α,β-unsaturated/α-hetero) is 2. The Hall–Kier alpha value is -3.72. The van der Waals surface area contributed by atoms with Crippen molar-refractivity contribution in [1.29, 1.82) is 0 Å². The summed E-state index contributed by atoms with van der Waals surface area (Å²) in [5.74, 6) is -2.16. The van der Waals surface area contributed by atoms with E-state index in [9.17, 15) is 23.6 Å². The van der Waals surface area contributed by atoms with E-state index in [1.54, 1.807) is 56.8 Å². The second-order valence-electron chi connectivity index (χ2n) is 11.6. The molecule has 1 aliphatic carbocycles. The normalized spacial score (nSPS) is 15.7. The first-order valence-electron chi connectivity index (χ1n) is 13.2. The summed E-state index contributed by atoms with van der Waals surface area (Å²) in [7, 11) is 3.40. The summed E-state index contributed by atoms with van der Waals surface area (Å²) in [6.45, 7) is 6.01. The fourth-order valence-electron chi connectivity index (χ4n) is 5.65. The lowest BCUT2D eigenvalue weighted by Crippen LogP contribution is -2.40. The molecule has 0 atom stereocenters. The second-order valence-corrected chi connectivity index (χ2v) is 12.0. The smallest absolute Gasteiger partial charge is 0.419 e. The van der Waals surface area contributed by atoms with Gasteiger partial charge in [-0.1, -0.05) is 23.7 Å². The Labute approximate surface area is 236 Å². The van der Waals surface area contributed by atoms with Gasteiger partial charge in [0, 0.05) is 32.6 Å². The molecule has 1 aromatic heterocycles. The van der Waals surface area contributed by atoms with Crippen LogP contribution in [0, 0.1) is 11.7 Å². The quantitative estimate of drug-likeness (QED) is 0.373. The number of aromatic nitrogens is 1. The molecule has 0 radical (unpaired) electrons. The molecule has 1 amide bonds. The third-order valence-electron chi connectivity index (χ3n) is 7.41. The number of anilines is 1. The lowest BCUT2D eigenvalue weighted by Gasteiger charge is -2.33. The average Bonchev–Trinajstić information content (AvgIpc) is 3.19. The largest absolute Gasteiger partial charge is 0.443 e. The maximum absolute atomic E-state index is 13.9. The number of amides is 1. The molecule has 0 spiro atoms. The molecular formula is C30H31ClFN3O5. The molecule has 0 unspecified atom stereocenters. The first-order valence-corrected chi connectivity index (χ1v) is 13.6. The number of fused-ring (bicyclic) bond motifs is 1. The molecule has 1 saturated heterocycles. The number of benzene rings is 2. The predicted molar refractivity (Wildman–Crippen MR) is 150 cm³/mol. The Kier molecular flexibility index (Phi) is 6.98. The molecule has 1 aliphatic heterocycles. The molecule has 3 aromatic rings. The number of hydrogen-bond donors (Lipinski definition) is 0. The maximum atomic E-state index is 13.9. The van der Waals surface area contributed by atoms with Gasteiger partial charge < -0.3 is 14.5 Å². The summed E-state index contributed by atoms with van der Waals surface area (Å²) in [5.41, 5.74) is 0.578. The summed E-state index contributed by atoms with van der Waals surface area (Å²) >= 11 is 6.66. The topological polar surface area (TPSA) is 88.9 Å². The van der Waals surface area contributed by atoms with E-state index >= 15 is 0 Å². The van der Waals surface area contributed by atoms with Gasteiger partial charge in [0.2, 0.25) is 5.78 Å². The van der Waals surface area contributed by atoms with E-state index in [1.165, 1.54) is 18.2 Å². The first kappa shape index (κ1) is 27.8. The molecule has 2 aliphatic rings. The molecule has 2 aromatic carbocycles. The van der Waals surface area contributed by atoms with E-state index in [1.807, 2.05) is 0 Å². The van der Waals surface area contributed by atoms with Crippen molar-refractivity contribution in [3.05, 3.63) is 63.6 Å². The van der Waals surface area contributed by atoms with Crippen LogP contribution in [0.25, 0.3) is 10.9 Å². The number of nitrogens with zero attached hydrogens (tertiary/aromatic N) is 3. The molecule has 5 rings (SSSR count). The van der Waals surface area contributed by atoms with Crippen molar-refractivity contribution in [2.45, 2.75) is 45.6 Å². The third-order valence-corrected chi connectivity index (χ3v) is 7.71. The number of hydrogen-bond acceptors (Lipinski definition) is 6. The summed E-state index contributed by atoms with van der Waals surface area (Å²) < 4.78 is 19.9. The third kappa shape index (κ3) is 4.76. The van der Waals surface area contributed by atoms with Crippen molar-refractivity contribution in [2.24, 2.45) is 5.92 Å². The lowest BCUT2D eigenvalue weighted by molar-refractivity contribution is 0.0535. The zero-order valence-electron chi connectivity index (χ0n) is 23.1. The summed E-state index contributed by atoms with van der Waals surface area (Å²) in [6, 6.07) is 7.89. The van der Waals surface area contributed by atoms with Crippen molar-refractivity contribution in [3.63, 3.8) is 0 Å². The van der Waals surface area contributed by atoms with Gasteiger partial charge in [-0.05, 0) is 69.7 Å². The van der Waals surface area contributed by atoms with E-state index in [-0.39, 0.29) is 33.2 Å². The van der Waals surface area contributed by atoms with Crippen LogP contribution in [-0.4, -0.2) is 65.8 Å². The SMILES string of the molecule is CN(C)c1c2n(C(=O)OC(C)(C)C)c3cc(Cl)c(C(=O)N4CCC(Cc5ccc(F)cc5)CC4)c(c13)C(=O)C2=O. The van der Waals surface area contributed by atoms with Crippen LogP contribution in [0.2, 0.25) is 5.02 Å². The Bertz CT molecular complexity index is 1560. The zero-order chi connectivity index (χ0) is 29.1. The van der Waals surface area contributed by atoms with Crippen LogP contribution < -0.4 is 4.90 Å². The van der Waals surface area contributed by atoms with Gasteiger partial charge in [-0.25, -0.2) is 13.8 Å². The van der Waals surface area contributed by atoms with Crippen molar-refractivity contribution < 1.29 is 28.3 Å². The van der Waals surface area contributed by atoms with E-state index in [4.69, 9.17) is 16.3 Å². The Morgan fingerprint density at radius 3 is 2.27 bits per heavy atom. The molecule has 210 valence electrons. The highest BCUT2D eigenvalue weighted by molar-refractivity contribution is 6.57. The predicted octanol–water partition coefficient (Wildman–Crippen LogP) is 5.76. The van der Waals surface area contributed by atoms with E-state index < -0.39 is 29.2 Å². The maximum Gasteiger partial charge on any atom is 0.419 e. The van der Waals surface area contributed by atoms with Crippen LogP contribution in [0.5, 0.6) is 0 Å². The van der Waals surface area contributed by atoms with E-state index in [0.717, 1.165) is 29.4 Å². The van der Waals surface area contributed by atoms with Gasteiger partial charge in [-0.2, -0.15) is 0 Å². The molecular weight excluding hydrogens is 537 g/mol. The molecule has 8 nitrogen and oxygen atoms in total. The number of carbonyl (C=O) groups excluding carboxylic acids is 4. The minimum Gasteiger partial charge on any atom is -0.443 e. The molecule has 10 heteroatoms. The Balaban J connectivity index is 1.52. The second kappa shape index (κ2) is 10.0. The molecule has 40 heavy (non-hydrogen) atoms. The standard InChI is InChI=1S/C30H31ClFN3O5/c1-30(2,3)40-29(39)35-20-15-19(31)21(23-22(20)24(33(4)5)25(35)27(37)26(23)36)28(38)34-12-10-17(11-13-34)14-16-6-8-18(32)9-7-16/h6-9,15,17H,10-14H2,1-5H3. The van der Waals surface area contributed by atoms with Crippen molar-refractivity contribution in [2.75, 3.05) is 32.1 Å². The van der Waals surface area contributed by atoms with Crippen LogP contribution >= 0.6 is 11.6 Å². The van der Waals surface area contributed by atoms with Crippen molar-refractivity contribution in [1.82, 2.24) is 9.47 Å². The number of carbonyl (C=O) groups is 4. The minimum atomic E-state index is -0.897. The minimum absolute atomic E-state index is 0.0110. The van der Waals surface area contributed by atoms with Gasteiger partial charge in [0.15, 0.2) is 0 Å². The van der Waals surface area contributed by atoms with Crippen LogP contribution in [0.4, 0.5) is 14.9 Å². The number of piperidine rings is 1. The Morgan fingerprint density at radius 2 is 1.70 bits per heavy atom. The van der Waals surface area contributed by atoms with Gasteiger partial charge in [0.1, 0.15) is 17.1 Å². The van der Waals surface area contributed by atoms with Crippen LogP contribution in [0.1, 0.15) is 70.4 Å². The number of halogens is 2. The van der Waals surface area contributed by atoms with Crippen molar-refractivity contribution >= 4 is 51.8 Å². The molecule has 0 N–H and O–H groups in total. The van der Waals surface area contributed by atoms with Crippen LogP contribution in [-0.2, 0) is 11.2 Å². The van der Waals surface area contributed by atoms with E-state index in [0.29, 0.717) is 30.1 Å². The number of likely N-dealkylation sites (tertiary alicyclic amines) is 1. The highest BCUT2D eigenvalue weighted by Crippen LogP contribution is 2.44. The van der Waals surface area contributed by atoms with Gasteiger partial charge in [-0.3, -0.25) is 14.4 Å². The summed E-state index contributed by atoms with van der Waals surface area (Å²) in [5, 5.41) is 0.317. The number of ether oxygens (including phenoxy) is 1. The monoisotopic (exact) mass is 567 g/mol. The van der Waals surface area contributed by atoms with Gasteiger partial charge in [0.05, 0.1) is 27.4 Å². The molecule has 1 fully saturated rings. The average molecular weight is 568 g/mol. The summed E-state index contributed by atoms with van der Waals surface area (Å²) in [4.78, 5) is 57.3. The van der Waals surface area contributed by atoms with Gasteiger partial charge >= 0.3 is 6.09 Å². The fourth-order valence-corrected chi connectivity index (χ4v) is 5.93.